The van der Waals surface area contributed by atoms with Crippen LogP contribution in [0, 0.1) is 5.82 Å². The molecule has 0 radical (unpaired) electrons. The van der Waals surface area contributed by atoms with Gasteiger partial charge in [-0.2, -0.15) is 0 Å². The summed E-state index contributed by atoms with van der Waals surface area (Å²) in [5.74, 6) is -0.280. The van der Waals surface area contributed by atoms with Gasteiger partial charge in [0.15, 0.2) is 0 Å². The third-order valence-corrected chi connectivity index (χ3v) is 3.59. The summed E-state index contributed by atoms with van der Waals surface area (Å²) in [6.07, 6.45) is 6.97. The lowest BCUT2D eigenvalue weighted by molar-refractivity contribution is 0.235. The molecule has 0 atom stereocenters. The lowest BCUT2D eigenvalue weighted by Crippen LogP contribution is -2.41. The Morgan fingerprint density at radius 2 is 1.84 bits per heavy atom. The summed E-state index contributed by atoms with van der Waals surface area (Å²) in [6, 6.07) is 6.56. The molecule has 0 saturated heterocycles. The normalized spacial score (nSPS) is 16.7. The second kappa shape index (κ2) is 7.12. The fourth-order valence-electron chi connectivity index (χ4n) is 2.48. The van der Waals surface area contributed by atoms with Crippen LogP contribution in [-0.2, 0) is 6.54 Å². The maximum Gasteiger partial charge on any atom is 0.315 e. The molecule has 0 bridgehead atoms. The first-order valence-electron chi connectivity index (χ1n) is 7.03. The van der Waals surface area contributed by atoms with Gasteiger partial charge in [-0.1, -0.05) is 43.9 Å². The number of rotatable bonds is 3. The molecule has 0 unspecified atom stereocenters. The first-order valence-corrected chi connectivity index (χ1v) is 7.03. The lowest BCUT2D eigenvalue weighted by atomic mass is 10.1. The fourth-order valence-corrected chi connectivity index (χ4v) is 2.48. The predicted octanol–water partition coefficient (Wildman–Crippen LogP) is 3.35. The van der Waals surface area contributed by atoms with Gasteiger partial charge in [0.1, 0.15) is 5.82 Å². The van der Waals surface area contributed by atoms with E-state index in [4.69, 9.17) is 0 Å². The highest BCUT2D eigenvalue weighted by Crippen LogP contribution is 2.17. The van der Waals surface area contributed by atoms with Crippen LogP contribution in [0.15, 0.2) is 24.3 Å². The van der Waals surface area contributed by atoms with E-state index in [0.29, 0.717) is 5.56 Å². The van der Waals surface area contributed by atoms with Crippen molar-refractivity contribution in [2.45, 2.75) is 51.1 Å². The summed E-state index contributed by atoms with van der Waals surface area (Å²) in [4.78, 5) is 11.8. The maximum atomic E-state index is 13.4. The molecule has 4 heteroatoms. The minimum Gasteiger partial charge on any atom is -0.335 e. The van der Waals surface area contributed by atoms with E-state index in [1.165, 1.54) is 31.7 Å². The minimum absolute atomic E-state index is 0.199. The van der Waals surface area contributed by atoms with E-state index in [2.05, 4.69) is 10.6 Å². The topological polar surface area (TPSA) is 41.1 Å². The van der Waals surface area contributed by atoms with Crippen LogP contribution in [0.4, 0.5) is 9.18 Å². The van der Waals surface area contributed by atoms with Gasteiger partial charge in [-0.3, -0.25) is 0 Å². The van der Waals surface area contributed by atoms with Crippen molar-refractivity contribution >= 4 is 6.03 Å². The van der Waals surface area contributed by atoms with Crippen molar-refractivity contribution in [3.63, 3.8) is 0 Å². The van der Waals surface area contributed by atoms with Gasteiger partial charge in [-0.05, 0) is 18.9 Å². The van der Waals surface area contributed by atoms with Gasteiger partial charge in [0.05, 0.1) is 0 Å². The quantitative estimate of drug-likeness (QED) is 0.808. The molecule has 0 spiro atoms. The zero-order chi connectivity index (χ0) is 13.5. The highest BCUT2D eigenvalue weighted by atomic mass is 19.1. The van der Waals surface area contributed by atoms with E-state index in [1.54, 1.807) is 18.2 Å². The number of carbonyl (C=O) groups excluding carboxylic acids is 1. The van der Waals surface area contributed by atoms with Gasteiger partial charge in [0, 0.05) is 18.2 Å². The summed E-state index contributed by atoms with van der Waals surface area (Å²) in [6.45, 7) is 0.227. The zero-order valence-corrected chi connectivity index (χ0v) is 11.1. The molecule has 2 N–H and O–H groups in total. The molecule has 1 fully saturated rings. The third-order valence-electron chi connectivity index (χ3n) is 3.59. The standard InChI is InChI=1S/C15H21FN2O/c16-14-10-6-5-7-12(14)11-17-15(19)18-13-8-3-1-2-4-9-13/h5-7,10,13H,1-4,8-9,11H2,(H2,17,18,19). The smallest absolute Gasteiger partial charge is 0.315 e. The largest absolute Gasteiger partial charge is 0.335 e. The van der Waals surface area contributed by atoms with Crippen molar-refractivity contribution in [1.82, 2.24) is 10.6 Å². The zero-order valence-electron chi connectivity index (χ0n) is 11.1. The Morgan fingerprint density at radius 1 is 1.16 bits per heavy atom. The summed E-state index contributed by atoms with van der Waals surface area (Å²) < 4.78 is 13.4. The van der Waals surface area contributed by atoms with Gasteiger partial charge in [-0.15, -0.1) is 0 Å². The van der Waals surface area contributed by atoms with Crippen LogP contribution >= 0.6 is 0 Å². The Hall–Kier alpha value is -1.58. The Labute approximate surface area is 113 Å². The van der Waals surface area contributed by atoms with Gasteiger partial charge in [0.25, 0.3) is 0 Å². The summed E-state index contributed by atoms with van der Waals surface area (Å²) >= 11 is 0. The maximum absolute atomic E-state index is 13.4. The Kier molecular flexibility index (Phi) is 5.19. The number of nitrogens with one attached hydrogen (secondary N) is 2. The highest BCUT2D eigenvalue weighted by Gasteiger charge is 2.14. The molecule has 1 aromatic rings. The van der Waals surface area contributed by atoms with Crippen LogP contribution in [0.2, 0.25) is 0 Å². The van der Waals surface area contributed by atoms with Gasteiger partial charge in [-0.25, -0.2) is 9.18 Å². The van der Waals surface area contributed by atoms with Crippen molar-refractivity contribution < 1.29 is 9.18 Å². The average Bonchev–Trinajstić information content (AvgIpc) is 2.66. The number of hydrogen-bond acceptors (Lipinski definition) is 1. The van der Waals surface area contributed by atoms with Crippen molar-refractivity contribution in [3.8, 4) is 0 Å². The van der Waals surface area contributed by atoms with Crippen LogP contribution in [0.5, 0.6) is 0 Å². The molecular weight excluding hydrogens is 243 g/mol. The van der Waals surface area contributed by atoms with Crippen molar-refractivity contribution in [2.24, 2.45) is 0 Å². The highest BCUT2D eigenvalue weighted by molar-refractivity contribution is 5.74. The van der Waals surface area contributed by atoms with E-state index < -0.39 is 0 Å². The molecule has 1 aliphatic carbocycles. The first-order chi connectivity index (χ1) is 9.25. The molecule has 2 rings (SSSR count). The summed E-state index contributed by atoms with van der Waals surface area (Å²) in [7, 11) is 0. The van der Waals surface area contributed by atoms with Gasteiger partial charge >= 0.3 is 6.03 Å². The third kappa shape index (κ3) is 4.54. The van der Waals surface area contributed by atoms with Gasteiger partial charge in [0.2, 0.25) is 0 Å². The number of benzene rings is 1. The number of carbonyl (C=O) groups is 1. The SMILES string of the molecule is O=C(NCc1ccccc1F)NC1CCCCCC1. The van der Waals surface area contributed by atoms with E-state index in [9.17, 15) is 9.18 Å². The van der Waals surface area contributed by atoms with Crippen molar-refractivity contribution in [2.75, 3.05) is 0 Å². The number of amides is 2. The molecule has 3 nitrogen and oxygen atoms in total. The summed E-state index contributed by atoms with van der Waals surface area (Å²) in [5, 5.41) is 5.69. The molecule has 19 heavy (non-hydrogen) atoms. The Morgan fingerprint density at radius 3 is 2.53 bits per heavy atom. The number of halogens is 1. The van der Waals surface area contributed by atoms with Gasteiger partial charge < -0.3 is 10.6 Å². The Balaban J connectivity index is 1.76. The van der Waals surface area contributed by atoms with Crippen LogP contribution in [0.3, 0.4) is 0 Å². The fraction of sp³-hybridized carbons (Fsp3) is 0.533. The van der Waals surface area contributed by atoms with E-state index in [1.807, 2.05) is 0 Å². The monoisotopic (exact) mass is 264 g/mol. The number of hydrogen-bond donors (Lipinski definition) is 2. The molecule has 0 aliphatic heterocycles. The molecule has 104 valence electrons. The average molecular weight is 264 g/mol. The van der Waals surface area contributed by atoms with Crippen LogP contribution in [0.25, 0.3) is 0 Å². The molecular formula is C15H21FN2O. The van der Waals surface area contributed by atoms with Crippen LogP contribution < -0.4 is 10.6 Å². The molecule has 0 heterocycles. The molecule has 1 aromatic carbocycles. The second-order valence-electron chi connectivity index (χ2n) is 5.11. The second-order valence-corrected chi connectivity index (χ2v) is 5.11. The van der Waals surface area contributed by atoms with E-state index in [-0.39, 0.29) is 24.4 Å². The lowest BCUT2D eigenvalue weighted by Gasteiger charge is -2.16. The molecule has 1 aliphatic rings. The van der Waals surface area contributed by atoms with Crippen LogP contribution in [-0.4, -0.2) is 12.1 Å². The Bertz CT molecular complexity index is 414. The van der Waals surface area contributed by atoms with Crippen molar-refractivity contribution in [3.05, 3.63) is 35.6 Å². The predicted molar refractivity (Wildman–Crippen MR) is 73.3 cm³/mol. The first kappa shape index (κ1) is 13.8. The van der Waals surface area contributed by atoms with E-state index >= 15 is 0 Å². The molecule has 0 aromatic heterocycles. The van der Waals surface area contributed by atoms with E-state index in [0.717, 1.165) is 12.8 Å². The molecule has 1 saturated carbocycles. The summed E-state index contributed by atoms with van der Waals surface area (Å²) in [5.41, 5.74) is 0.513. The minimum atomic E-state index is -0.280. The molecule has 2 amide bonds. The van der Waals surface area contributed by atoms with Crippen LogP contribution in [0.1, 0.15) is 44.1 Å². The number of urea groups is 1. The van der Waals surface area contributed by atoms with Crippen molar-refractivity contribution in [1.29, 1.82) is 0 Å².